The van der Waals surface area contributed by atoms with Gasteiger partial charge in [-0.1, -0.05) is 23.5 Å². The van der Waals surface area contributed by atoms with Crippen molar-refractivity contribution in [3.05, 3.63) is 53.1 Å². The highest BCUT2D eigenvalue weighted by molar-refractivity contribution is 7.16. The lowest BCUT2D eigenvalue weighted by molar-refractivity contribution is -0.141. The molecule has 9 nitrogen and oxygen atoms in total. The maximum atomic E-state index is 12.8. The lowest BCUT2D eigenvalue weighted by atomic mass is 10.3. The van der Waals surface area contributed by atoms with Crippen molar-refractivity contribution in [1.29, 1.82) is 0 Å². The minimum absolute atomic E-state index is 0.107. The number of methoxy groups -OCH3 is 3. The number of benzene rings is 2. The van der Waals surface area contributed by atoms with Gasteiger partial charge in [-0.2, -0.15) is 4.99 Å². The van der Waals surface area contributed by atoms with Gasteiger partial charge in [0.05, 0.1) is 48.8 Å². The third-order valence-corrected chi connectivity index (χ3v) is 5.61. The van der Waals surface area contributed by atoms with Crippen LogP contribution >= 0.6 is 11.3 Å². The molecule has 0 aliphatic heterocycles. The van der Waals surface area contributed by atoms with Crippen molar-refractivity contribution in [1.82, 2.24) is 14.5 Å². The summed E-state index contributed by atoms with van der Waals surface area (Å²) in [5.74, 6) is -0.0272. The van der Waals surface area contributed by atoms with Gasteiger partial charge in [-0.25, -0.2) is 4.98 Å². The van der Waals surface area contributed by atoms with Crippen molar-refractivity contribution in [3.63, 3.8) is 0 Å². The van der Waals surface area contributed by atoms with Crippen molar-refractivity contribution in [2.75, 3.05) is 21.3 Å². The fourth-order valence-corrected chi connectivity index (χ4v) is 4.07. The molecule has 0 saturated heterocycles. The molecule has 0 unspecified atom stereocenters. The Morgan fingerprint density at radius 2 is 1.77 bits per heavy atom. The summed E-state index contributed by atoms with van der Waals surface area (Å²) in [6.45, 7) is -0.124. The first-order valence-electron chi connectivity index (χ1n) is 9.17. The molecule has 0 saturated carbocycles. The molecule has 1 amide bonds. The van der Waals surface area contributed by atoms with E-state index in [0.717, 1.165) is 4.70 Å². The number of nitrogens with zero attached hydrogens (tertiary/aromatic N) is 4. The summed E-state index contributed by atoms with van der Waals surface area (Å²) in [5, 5.41) is 0. The normalized spacial score (nSPS) is 11.6. The van der Waals surface area contributed by atoms with Gasteiger partial charge in [0, 0.05) is 12.1 Å². The van der Waals surface area contributed by atoms with Gasteiger partial charge >= 0.3 is 5.97 Å². The van der Waals surface area contributed by atoms with Gasteiger partial charge in [0.15, 0.2) is 16.3 Å². The minimum atomic E-state index is -0.567. The quantitative estimate of drug-likeness (QED) is 0.441. The number of amides is 1. The Bertz CT molecular complexity index is 1380. The SMILES string of the molecule is COC(=O)Cn1c(=NC(=O)c2cnc3ccccc3n2)sc2cc(OC)c(OC)cc21. The topological polar surface area (TPSA) is 105 Å². The van der Waals surface area contributed by atoms with Crippen LogP contribution in [0.4, 0.5) is 0 Å². The lowest BCUT2D eigenvalue weighted by Crippen LogP contribution is -2.22. The van der Waals surface area contributed by atoms with Crippen LogP contribution in [0.3, 0.4) is 0 Å². The zero-order valence-electron chi connectivity index (χ0n) is 17.0. The Morgan fingerprint density at radius 3 is 2.48 bits per heavy atom. The summed E-state index contributed by atoms with van der Waals surface area (Å²) < 4.78 is 17.9. The number of hydrogen-bond donors (Lipinski definition) is 0. The number of rotatable bonds is 5. The summed E-state index contributed by atoms with van der Waals surface area (Å²) in [6.07, 6.45) is 1.39. The summed E-state index contributed by atoms with van der Waals surface area (Å²) >= 11 is 1.24. The van der Waals surface area contributed by atoms with Crippen LogP contribution in [-0.2, 0) is 16.1 Å². The fraction of sp³-hybridized carbons (Fsp3) is 0.190. The van der Waals surface area contributed by atoms with Crippen molar-refractivity contribution in [2.45, 2.75) is 6.54 Å². The second kappa shape index (κ2) is 8.52. The van der Waals surface area contributed by atoms with Gasteiger partial charge in [0.1, 0.15) is 12.2 Å². The van der Waals surface area contributed by atoms with Gasteiger partial charge in [-0.3, -0.25) is 14.6 Å². The standard InChI is InChI=1S/C21H18N4O5S/c1-28-16-8-15-18(9-17(16)29-2)31-21(25(15)11-19(26)30-3)24-20(27)14-10-22-12-6-4-5-7-13(12)23-14/h4-10H,11H2,1-3H3. The Balaban J connectivity index is 1.87. The Hall–Kier alpha value is -3.79. The first-order chi connectivity index (χ1) is 15.0. The van der Waals surface area contributed by atoms with Gasteiger partial charge < -0.3 is 18.8 Å². The molecule has 4 aromatic rings. The van der Waals surface area contributed by atoms with Crippen LogP contribution in [0.1, 0.15) is 10.5 Å². The number of hydrogen-bond acceptors (Lipinski definition) is 8. The third kappa shape index (κ3) is 3.97. The van der Waals surface area contributed by atoms with E-state index in [1.54, 1.807) is 22.8 Å². The molecule has 0 bridgehead atoms. The highest BCUT2D eigenvalue weighted by Crippen LogP contribution is 2.33. The van der Waals surface area contributed by atoms with E-state index < -0.39 is 11.9 Å². The molecular formula is C21H18N4O5S. The number of fused-ring (bicyclic) bond motifs is 2. The summed E-state index contributed by atoms with van der Waals surface area (Å²) in [6, 6.07) is 10.7. The fourth-order valence-electron chi connectivity index (χ4n) is 3.03. The van der Waals surface area contributed by atoms with Crippen LogP contribution in [0.25, 0.3) is 21.3 Å². The number of aromatic nitrogens is 3. The summed E-state index contributed by atoms with van der Waals surface area (Å²) in [5.41, 5.74) is 2.04. The van der Waals surface area contributed by atoms with Crippen molar-refractivity contribution in [3.8, 4) is 11.5 Å². The molecule has 0 atom stereocenters. The van der Waals surface area contributed by atoms with Gasteiger partial charge in [-0.05, 0) is 12.1 Å². The molecule has 0 aliphatic rings. The van der Waals surface area contributed by atoms with E-state index in [1.165, 1.54) is 38.9 Å². The van der Waals surface area contributed by atoms with Crippen LogP contribution < -0.4 is 14.3 Å². The summed E-state index contributed by atoms with van der Waals surface area (Å²) in [4.78, 5) is 38.0. The van der Waals surface area contributed by atoms with E-state index >= 15 is 0 Å². The number of thiazole rings is 1. The molecule has 2 heterocycles. The summed E-state index contributed by atoms with van der Waals surface area (Å²) in [7, 11) is 4.36. The predicted octanol–water partition coefficient (Wildman–Crippen LogP) is 2.58. The molecule has 0 N–H and O–H groups in total. The van der Waals surface area contributed by atoms with Crippen molar-refractivity contribution in [2.24, 2.45) is 4.99 Å². The molecule has 0 aliphatic carbocycles. The maximum absolute atomic E-state index is 12.8. The highest BCUT2D eigenvalue weighted by Gasteiger charge is 2.16. The highest BCUT2D eigenvalue weighted by atomic mass is 32.1. The predicted molar refractivity (Wildman–Crippen MR) is 114 cm³/mol. The Morgan fingerprint density at radius 1 is 1.06 bits per heavy atom. The smallest absolute Gasteiger partial charge is 0.325 e. The van der Waals surface area contributed by atoms with E-state index in [4.69, 9.17) is 14.2 Å². The molecule has 0 fully saturated rings. The molecule has 31 heavy (non-hydrogen) atoms. The van der Waals surface area contributed by atoms with E-state index in [0.29, 0.717) is 32.9 Å². The minimum Gasteiger partial charge on any atom is -0.493 e. The second-order valence-corrected chi connectivity index (χ2v) is 7.39. The lowest BCUT2D eigenvalue weighted by Gasteiger charge is -2.09. The zero-order chi connectivity index (χ0) is 22.0. The molecule has 0 spiro atoms. The molecule has 2 aromatic heterocycles. The van der Waals surface area contributed by atoms with Crippen LogP contribution in [0.15, 0.2) is 47.6 Å². The van der Waals surface area contributed by atoms with Gasteiger partial charge in [-0.15, -0.1) is 0 Å². The molecule has 2 aromatic carbocycles. The van der Waals surface area contributed by atoms with Crippen LogP contribution in [0.5, 0.6) is 11.5 Å². The largest absolute Gasteiger partial charge is 0.493 e. The average molecular weight is 438 g/mol. The number of carbonyl (C=O) groups excluding carboxylic acids is 2. The second-order valence-electron chi connectivity index (χ2n) is 6.38. The van der Waals surface area contributed by atoms with E-state index in [-0.39, 0.29) is 12.2 Å². The first kappa shape index (κ1) is 20.5. The van der Waals surface area contributed by atoms with E-state index in [2.05, 4.69) is 15.0 Å². The third-order valence-electron chi connectivity index (χ3n) is 4.57. The van der Waals surface area contributed by atoms with Crippen molar-refractivity contribution >= 4 is 44.5 Å². The van der Waals surface area contributed by atoms with E-state index in [1.807, 2.05) is 18.2 Å². The maximum Gasteiger partial charge on any atom is 0.325 e. The van der Waals surface area contributed by atoms with E-state index in [9.17, 15) is 9.59 Å². The number of esters is 1. The molecule has 4 rings (SSSR count). The number of ether oxygens (including phenoxy) is 3. The van der Waals surface area contributed by atoms with Crippen LogP contribution in [0.2, 0.25) is 0 Å². The Labute approximate surface area is 180 Å². The number of para-hydroxylation sites is 2. The van der Waals surface area contributed by atoms with Crippen LogP contribution in [-0.4, -0.2) is 47.7 Å². The monoisotopic (exact) mass is 438 g/mol. The first-order valence-corrected chi connectivity index (χ1v) is 9.98. The average Bonchev–Trinajstić information content (AvgIpc) is 3.12. The molecular weight excluding hydrogens is 420 g/mol. The van der Waals surface area contributed by atoms with Crippen molar-refractivity contribution < 1.29 is 23.8 Å². The van der Waals surface area contributed by atoms with Crippen LogP contribution in [0, 0.1) is 0 Å². The number of carbonyl (C=O) groups is 2. The van der Waals surface area contributed by atoms with Gasteiger partial charge in [0.25, 0.3) is 5.91 Å². The molecule has 158 valence electrons. The Kier molecular flexibility index (Phi) is 5.63. The van der Waals surface area contributed by atoms with Gasteiger partial charge in [0.2, 0.25) is 0 Å². The zero-order valence-corrected chi connectivity index (χ0v) is 17.8. The molecule has 0 radical (unpaired) electrons. The molecule has 10 heteroatoms.